The molecule has 76 valence electrons. The lowest BCUT2D eigenvalue weighted by Gasteiger charge is -2.08. The standard InChI is InChI=1S/C12H22O/c1-4-6-7-8-10-11(3)12(13)9-5-2/h6-7,10,12-13H,4-5,8-9H2,1-3H3. The normalized spacial score (nSPS) is 15.2. The van der Waals surface area contributed by atoms with Gasteiger partial charge in [0.15, 0.2) is 0 Å². The number of hydrogen-bond acceptors (Lipinski definition) is 1. The largest absolute Gasteiger partial charge is 0.389 e. The number of aliphatic hydroxyl groups excluding tert-OH is 1. The first kappa shape index (κ1) is 12.4. The Labute approximate surface area is 82.2 Å². The highest BCUT2D eigenvalue weighted by Gasteiger charge is 2.02. The van der Waals surface area contributed by atoms with Crippen molar-refractivity contribution in [3.05, 3.63) is 23.8 Å². The van der Waals surface area contributed by atoms with Gasteiger partial charge in [0.25, 0.3) is 0 Å². The van der Waals surface area contributed by atoms with Crippen LogP contribution >= 0.6 is 0 Å². The van der Waals surface area contributed by atoms with Crippen molar-refractivity contribution in [2.24, 2.45) is 0 Å². The lowest BCUT2D eigenvalue weighted by Crippen LogP contribution is -2.06. The van der Waals surface area contributed by atoms with Crippen LogP contribution in [0.1, 0.15) is 46.5 Å². The predicted octanol–water partition coefficient (Wildman–Crippen LogP) is 3.45. The Morgan fingerprint density at radius 2 is 2.00 bits per heavy atom. The molecule has 0 saturated carbocycles. The van der Waals surface area contributed by atoms with Crippen LogP contribution in [0.3, 0.4) is 0 Å². The van der Waals surface area contributed by atoms with Crippen LogP contribution in [-0.2, 0) is 0 Å². The Kier molecular flexibility index (Phi) is 7.71. The third-order valence-corrected chi connectivity index (χ3v) is 2.07. The molecule has 0 saturated heterocycles. The summed E-state index contributed by atoms with van der Waals surface area (Å²) in [7, 11) is 0. The summed E-state index contributed by atoms with van der Waals surface area (Å²) in [6.45, 7) is 6.21. The van der Waals surface area contributed by atoms with Gasteiger partial charge in [-0.15, -0.1) is 0 Å². The van der Waals surface area contributed by atoms with Gasteiger partial charge in [0.05, 0.1) is 6.10 Å². The number of aliphatic hydroxyl groups is 1. The van der Waals surface area contributed by atoms with E-state index in [0.717, 1.165) is 31.3 Å². The van der Waals surface area contributed by atoms with Crippen LogP contribution in [0.25, 0.3) is 0 Å². The molecule has 0 aromatic rings. The van der Waals surface area contributed by atoms with Crippen molar-refractivity contribution in [1.82, 2.24) is 0 Å². The van der Waals surface area contributed by atoms with Crippen LogP contribution in [-0.4, -0.2) is 11.2 Å². The molecule has 0 aromatic heterocycles. The molecule has 1 atom stereocenters. The molecule has 0 amide bonds. The van der Waals surface area contributed by atoms with Crippen molar-refractivity contribution in [2.75, 3.05) is 0 Å². The second-order valence-corrected chi connectivity index (χ2v) is 3.37. The minimum Gasteiger partial charge on any atom is -0.389 e. The fourth-order valence-corrected chi connectivity index (χ4v) is 1.15. The first-order valence-electron chi connectivity index (χ1n) is 5.22. The maximum Gasteiger partial charge on any atom is 0.0747 e. The summed E-state index contributed by atoms with van der Waals surface area (Å²) in [5.74, 6) is 0. The van der Waals surface area contributed by atoms with Gasteiger partial charge in [0.1, 0.15) is 0 Å². The summed E-state index contributed by atoms with van der Waals surface area (Å²) >= 11 is 0. The van der Waals surface area contributed by atoms with Gasteiger partial charge in [-0.2, -0.15) is 0 Å². The molecular formula is C12H22O. The van der Waals surface area contributed by atoms with Crippen molar-refractivity contribution < 1.29 is 5.11 Å². The topological polar surface area (TPSA) is 20.2 Å². The van der Waals surface area contributed by atoms with Gasteiger partial charge >= 0.3 is 0 Å². The van der Waals surface area contributed by atoms with E-state index in [9.17, 15) is 5.11 Å². The first-order chi connectivity index (χ1) is 6.22. The molecule has 1 nitrogen and oxygen atoms in total. The zero-order valence-electron chi connectivity index (χ0n) is 9.09. The molecule has 0 spiro atoms. The fourth-order valence-electron chi connectivity index (χ4n) is 1.15. The molecule has 0 radical (unpaired) electrons. The third kappa shape index (κ3) is 6.59. The van der Waals surface area contributed by atoms with Gasteiger partial charge in [0, 0.05) is 0 Å². The van der Waals surface area contributed by atoms with Crippen LogP contribution in [0.2, 0.25) is 0 Å². The van der Waals surface area contributed by atoms with Crippen molar-refractivity contribution in [1.29, 1.82) is 0 Å². The number of hydrogen-bond donors (Lipinski definition) is 1. The molecule has 0 fully saturated rings. The molecule has 0 aliphatic heterocycles. The molecule has 0 aliphatic carbocycles. The highest BCUT2D eigenvalue weighted by molar-refractivity contribution is 5.06. The van der Waals surface area contributed by atoms with Gasteiger partial charge in [-0.3, -0.25) is 0 Å². The molecule has 0 aromatic carbocycles. The Balaban J connectivity index is 3.79. The van der Waals surface area contributed by atoms with E-state index in [0.29, 0.717) is 0 Å². The second-order valence-electron chi connectivity index (χ2n) is 3.37. The Morgan fingerprint density at radius 1 is 1.31 bits per heavy atom. The van der Waals surface area contributed by atoms with E-state index in [1.165, 1.54) is 0 Å². The summed E-state index contributed by atoms with van der Waals surface area (Å²) in [4.78, 5) is 0. The van der Waals surface area contributed by atoms with Crippen molar-refractivity contribution in [3.8, 4) is 0 Å². The smallest absolute Gasteiger partial charge is 0.0747 e. The molecule has 1 heteroatoms. The van der Waals surface area contributed by atoms with E-state index in [1.54, 1.807) is 0 Å². The fraction of sp³-hybridized carbons (Fsp3) is 0.667. The third-order valence-electron chi connectivity index (χ3n) is 2.07. The first-order valence-corrected chi connectivity index (χ1v) is 5.22. The summed E-state index contributed by atoms with van der Waals surface area (Å²) in [5.41, 5.74) is 1.10. The predicted molar refractivity (Wildman–Crippen MR) is 58.7 cm³/mol. The summed E-state index contributed by atoms with van der Waals surface area (Å²) in [6, 6.07) is 0. The van der Waals surface area contributed by atoms with E-state index < -0.39 is 0 Å². The van der Waals surface area contributed by atoms with Crippen LogP contribution < -0.4 is 0 Å². The summed E-state index contributed by atoms with van der Waals surface area (Å²) in [6.07, 6.45) is 10.1. The van der Waals surface area contributed by atoms with Crippen LogP contribution in [0, 0.1) is 0 Å². The SMILES string of the molecule is CCC=CCC=C(C)C(O)CCC. The Morgan fingerprint density at radius 3 is 2.54 bits per heavy atom. The van der Waals surface area contributed by atoms with Crippen molar-refractivity contribution in [2.45, 2.75) is 52.6 Å². The molecular weight excluding hydrogens is 160 g/mol. The minimum absolute atomic E-state index is 0.236. The van der Waals surface area contributed by atoms with E-state index in [2.05, 4.69) is 32.1 Å². The minimum atomic E-state index is -0.236. The van der Waals surface area contributed by atoms with Crippen LogP contribution in [0.5, 0.6) is 0 Å². The van der Waals surface area contributed by atoms with Gasteiger partial charge in [0.2, 0.25) is 0 Å². The van der Waals surface area contributed by atoms with Crippen molar-refractivity contribution >= 4 is 0 Å². The lowest BCUT2D eigenvalue weighted by atomic mass is 10.1. The highest BCUT2D eigenvalue weighted by Crippen LogP contribution is 2.08. The lowest BCUT2D eigenvalue weighted by molar-refractivity contribution is 0.199. The van der Waals surface area contributed by atoms with Gasteiger partial charge in [-0.1, -0.05) is 38.5 Å². The van der Waals surface area contributed by atoms with E-state index in [1.807, 2.05) is 6.92 Å². The highest BCUT2D eigenvalue weighted by atomic mass is 16.3. The molecule has 0 rings (SSSR count). The van der Waals surface area contributed by atoms with Gasteiger partial charge in [-0.05, 0) is 31.8 Å². The zero-order valence-corrected chi connectivity index (χ0v) is 9.09. The molecule has 1 unspecified atom stereocenters. The molecule has 0 aliphatic rings. The summed E-state index contributed by atoms with van der Waals surface area (Å²) < 4.78 is 0. The quantitative estimate of drug-likeness (QED) is 0.624. The Hall–Kier alpha value is -0.560. The van der Waals surface area contributed by atoms with Gasteiger partial charge in [-0.25, -0.2) is 0 Å². The maximum atomic E-state index is 9.58. The Bertz CT molecular complexity index is 168. The monoisotopic (exact) mass is 182 g/mol. The van der Waals surface area contributed by atoms with E-state index >= 15 is 0 Å². The average molecular weight is 182 g/mol. The van der Waals surface area contributed by atoms with Crippen LogP contribution in [0.15, 0.2) is 23.8 Å². The maximum absolute atomic E-state index is 9.58. The zero-order chi connectivity index (χ0) is 10.1. The molecule has 13 heavy (non-hydrogen) atoms. The number of allylic oxidation sites excluding steroid dienone is 3. The van der Waals surface area contributed by atoms with E-state index in [4.69, 9.17) is 0 Å². The molecule has 0 heterocycles. The average Bonchev–Trinajstić information content (AvgIpc) is 2.12. The molecule has 0 bridgehead atoms. The van der Waals surface area contributed by atoms with Crippen molar-refractivity contribution in [3.63, 3.8) is 0 Å². The molecule has 1 N–H and O–H groups in total. The van der Waals surface area contributed by atoms with Gasteiger partial charge < -0.3 is 5.11 Å². The second kappa shape index (κ2) is 8.06. The summed E-state index contributed by atoms with van der Waals surface area (Å²) in [5, 5.41) is 9.58. The van der Waals surface area contributed by atoms with E-state index in [-0.39, 0.29) is 6.10 Å². The van der Waals surface area contributed by atoms with Crippen LogP contribution in [0.4, 0.5) is 0 Å². The number of rotatable bonds is 6.